The van der Waals surface area contributed by atoms with Crippen LogP contribution in [0.15, 0.2) is 11.8 Å². The molecule has 0 aliphatic heterocycles. The Kier molecular flexibility index (Phi) is 8.69. The molecule has 0 heterocycles. The highest BCUT2D eigenvalue weighted by atomic mass is 16.4. The number of carbonyl (C=O) groups excluding carboxylic acids is 1. The Morgan fingerprint density at radius 2 is 1.69 bits per heavy atom. The van der Waals surface area contributed by atoms with E-state index < -0.39 is 11.5 Å². The molecular weight excluding hydrogens is 340 g/mol. The van der Waals surface area contributed by atoms with Gasteiger partial charge < -0.3 is 31.1 Å². The third-order valence-corrected chi connectivity index (χ3v) is 4.96. The second-order valence-electron chi connectivity index (χ2n) is 7.69. The fraction of sp³-hybridized carbons (Fsp3) is 0.778. The monoisotopic (exact) mass is 372 g/mol. The van der Waals surface area contributed by atoms with Crippen LogP contribution in [-0.4, -0.2) is 64.2 Å². The van der Waals surface area contributed by atoms with Gasteiger partial charge >= 0.3 is 5.97 Å². The Bertz CT molecular complexity index is 506. The lowest BCUT2D eigenvalue weighted by Gasteiger charge is -2.28. The summed E-state index contributed by atoms with van der Waals surface area (Å²) in [5, 5.41) is 42.2. The minimum atomic E-state index is -1.14. The van der Waals surface area contributed by atoms with Crippen LogP contribution in [0.4, 0.5) is 0 Å². The van der Waals surface area contributed by atoms with Gasteiger partial charge in [0.2, 0.25) is 5.91 Å². The third-order valence-electron chi connectivity index (χ3n) is 4.96. The number of hydrogen-bond acceptors (Lipinski definition) is 6. The lowest BCUT2D eigenvalue weighted by molar-refractivity contribution is -0.135. The Hall–Kier alpha value is -1.48. The van der Waals surface area contributed by atoms with Crippen LogP contribution in [0.3, 0.4) is 0 Å². The number of unbranched alkanes of at least 4 members (excludes halogenated alkanes) is 3. The number of aliphatic hydroxyl groups is 3. The fourth-order valence-electron chi connectivity index (χ4n) is 2.69. The van der Waals surface area contributed by atoms with E-state index in [1.165, 1.54) is 6.08 Å². The molecular formula is C18H32N2O6. The van der Waals surface area contributed by atoms with Crippen molar-refractivity contribution in [2.24, 2.45) is 11.3 Å². The Morgan fingerprint density at radius 3 is 2.15 bits per heavy atom. The summed E-state index contributed by atoms with van der Waals surface area (Å²) in [6.45, 7) is 3.40. The Labute approximate surface area is 154 Å². The summed E-state index contributed by atoms with van der Waals surface area (Å²) < 4.78 is 0. The SMILES string of the molecule is CC1(C)CC1C(=O)N/C(=C\CCCCCNC(CO)(CO)CO)C(=O)O. The van der Waals surface area contributed by atoms with Crippen molar-refractivity contribution in [1.82, 2.24) is 10.6 Å². The first kappa shape index (κ1) is 22.6. The highest BCUT2D eigenvalue weighted by Crippen LogP contribution is 2.51. The summed E-state index contributed by atoms with van der Waals surface area (Å²) in [5.74, 6) is -1.50. The molecule has 1 amide bonds. The fourth-order valence-corrected chi connectivity index (χ4v) is 2.69. The summed E-state index contributed by atoms with van der Waals surface area (Å²) in [5.41, 5.74) is -1.19. The molecule has 1 fully saturated rings. The lowest BCUT2D eigenvalue weighted by atomic mass is 10.0. The molecule has 1 atom stereocenters. The van der Waals surface area contributed by atoms with Gasteiger partial charge in [0, 0.05) is 5.92 Å². The summed E-state index contributed by atoms with van der Waals surface area (Å²) in [6, 6.07) is 0. The zero-order valence-corrected chi connectivity index (χ0v) is 15.6. The van der Waals surface area contributed by atoms with Gasteiger partial charge in [-0.3, -0.25) is 4.79 Å². The van der Waals surface area contributed by atoms with Gasteiger partial charge in [0.05, 0.1) is 25.4 Å². The molecule has 0 saturated heterocycles. The maximum atomic E-state index is 12.0. The van der Waals surface area contributed by atoms with Crippen LogP contribution in [0.2, 0.25) is 0 Å². The summed E-state index contributed by atoms with van der Waals surface area (Å²) in [4.78, 5) is 23.3. The molecule has 1 aliphatic carbocycles. The highest BCUT2D eigenvalue weighted by Gasteiger charge is 2.50. The van der Waals surface area contributed by atoms with Crippen LogP contribution >= 0.6 is 0 Å². The Balaban J connectivity index is 2.29. The first-order chi connectivity index (χ1) is 12.2. The smallest absolute Gasteiger partial charge is 0.352 e. The van der Waals surface area contributed by atoms with E-state index in [0.717, 1.165) is 25.7 Å². The van der Waals surface area contributed by atoms with Gasteiger partial charge in [-0.1, -0.05) is 26.3 Å². The maximum Gasteiger partial charge on any atom is 0.352 e. The number of nitrogens with one attached hydrogen (secondary N) is 2. The van der Waals surface area contributed by atoms with E-state index in [-0.39, 0.29) is 42.8 Å². The molecule has 1 aliphatic rings. The largest absolute Gasteiger partial charge is 0.477 e. The number of carboxylic acids is 1. The summed E-state index contributed by atoms with van der Waals surface area (Å²) in [6.07, 6.45) is 5.13. The third kappa shape index (κ3) is 6.68. The average molecular weight is 372 g/mol. The molecule has 6 N–H and O–H groups in total. The number of carbonyl (C=O) groups is 2. The highest BCUT2D eigenvalue weighted by molar-refractivity contribution is 5.94. The summed E-state index contributed by atoms with van der Waals surface area (Å²) >= 11 is 0. The molecule has 0 aromatic carbocycles. The van der Waals surface area contributed by atoms with Gasteiger partial charge in [0.1, 0.15) is 5.70 Å². The number of carboxylic acid groups (broad SMARTS) is 1. The van der Waals surface area contributed by atoms with E-state index in [0.29, 0.717) is 13.0 Å². The summed E-state index contributed by atoms with van der Waals surface area (Å²) in [7, 11) is 0. The molecule has 0 spiro atoms. The number of rotatable bonds is 13. The number of hydrogen-bond donors (Lipinski definition) is 6. The van der Waals surface area contributed by atoms with Crippen molar-refractivity contribution in [2.45, 2.75) is 51.5 Å². The standard InChI is InChI=1S/C18H32N2O6/c1-17(2)9-13(17)15(24)20-14(16(25)26)7-5-3-4-6-8-19-18(10-21,11-22)12-23/h7,13,19,21-23H,3-6,8-12H2,1-2H3,(H,20,24)(H,25,26)/b14-7-. The van der Waals surface area contributed by atoms with Crippen LogP contribution in [0.25, 0.3) is 0 Å². The zero-order chi connectivity index (χ0) is 19.8. The predicted octanol–water partition coefficient (Wildman–Crippen LogP) is -0.0171. The van der Waals surface area contributed by atoms with Gasteiger partial charge in [-0.2, -0.15) is 0 Å². The zero-order valence-electron chi connectivity index (χ0n) is 15.6. The lowest BCUT2D eigenvalue weighted by Crippen LogP contribution is -2.55. The number of allylic oxidation sites excluding steroid dienone is 1. The molecule has 0 radical (unpaired) electrons. The normalized spacial score (nSPS) is 19.3. The maximum absolute atomic E-state index is 12.0. The van der Waals surface area contributed by atoms with Gasteiger partial charge in [-0.05, 0) is 37.6 Å². The molecule has 0 aromatic rings. The van der Waals surface area contributed by atoms with Crippen molar-refractivity contribution >= 4 is 11.9 Å². The second-order valence-corrected chi connectivity index (χ2v) is 7.69. The first-order valence-corrected chi connectivity index (χ1v) is 9.03. The van der Waals surface area contributed by atoms with E-state index in [4.69, 9.17) is 0 Å². The molecule has 0 aromatic heterocycles. The minimum Gasteiger partial charge on any atom is -0.477 e. The van der Waals surface area contributed by atoms with Gasteiger partial charge in [-0.15, -0.1) is 0 Å². The molecule has 8 nitrogen and oxygen atoms in total. The van der Waals surface area contributed by atoms with Crippen LogP contribution < -0.4 is 10.6 Å². The Morgan fingerprint density at radius 1 is 1.12 bits per heavy atom. The van der Waals surface area contributed by atoms with Crippen molar-refractivity contribution in [3.63, 3.8) is 0 Å². The molecule has 150 valence electrons. The average Bonchev–Trinajstić information content (AvgIpc) is 3.25. The molecule has 26 heavy (non-hydrogen) atoms. The van der Waals surface area contributed by atoms with Crippen molar-refractivity contribution in [2.75, 3.05) is 26.4 Å². The molecule has 1 unspecified atom stereocenters. The van der Waals surface area contributed by atoms with Crippen LogP contribution in [0.1, 0.15) is 46.0 Å². The van der Waals surface area contributed by atoms with E-state index in [1.807, 2.05) is 13.8 Å². The van der Waals surface area contributed by atoms with E-state index in [2.05, 4.69) is 10.6 Å². The number of aliphatic carboxylic acids is 1. The quantitative estimate of drug-likeness (QED) is 0.197. The van der Waals surface area contributed by atoms with Gasteiger partial charge in [0.25, 0.3) is 0 Å². The van der Waals surface area contributed by atoms with Gasteiger partial charge in [-0.25, -0.2) is 4.79 Å². The molecule has 0 bridgehead atoms. The topological polar surface area (TPSA) is 139 Å². The van der Waals surface area contributed by atoms with Crippen LogP contribution in [0, 0.1) is 11.3 Å². The van der Waals surface area contributed by atoms with Crippen LogP contribution in [0.5, 0.6) is 0 Å². The number of amides is 1. The van der Waals surface area contributed by atoms with Crippen molar-refractivity contribution < 1.29 is 30.0 Å². The van der Waals surface area contributed by atoms with Crippen LogP contribution in [-0.2, 0) is 9.59 Å². The van der Waals surface area contributed by atoms with E-state index in [1.54, 1.807) is 0 Å². The first-order valence-electron chi connectivity index (χ1n) is 9.03. The van der Waals surface area contributed by atoms with Crippen molar-refractivity contribution in [3.8, 4) is 0 Å². The second kappa shape index (κ2) is 10.0. The molecule has 1 rings (SSSR count). The van der Waals surface area contributed by atoms with Crippen molar-refractivity contribution in [1.29, 1.82) is 0 Å². The molecule has 1 saturated carbocycles. The number of aliphatic hydroxyl groups excluding tert-OH is 3. The molecule has 8 heteroatoms. The van der Waals surface area contributed by atoms with E-state index in [9.17, 15) is 30.0 Å². The van der Waals surface area contributed by atoms with Crippen molar-refractivity contribution in [3.05, 3.63) is 11.8 Å². The predicted molar refractivity (Wildman–Crippen MR) is 96.2 cm³/mol. The minimum absolute atomic E-state index is 0.0480. The van der Waals surface area contributed by atoms with Gasteiger partial charge in [0.15, 0.2) is 0 Å². The van der Waals surface area contributed by atoms with E-state index >= 15 is 0 Å².